The minimum atomic E-state index is -0.983. The number of anilines is 1. The van der Waals surface area contributed by atoms with Crippen molar-refractivity contribution in [3.8, 4) is 0 Å². The van der Waals surface area contributed by atoms with Crippen molar-refractivity contribution in [3.05, 3.63) is 54.0 Å². The molecule has 5 nitrogen and oxygen atoms in total. The molecule has 0 aliphatic heterocycles. The van der Waals surface area contributed by atoms with E-state index in [2.05, 4.69) is 5.32 Å². The van der Waals surface area contributed by atoms with E-state index in [1.807, 2.05) is 12.1 Å². The SMILES string of the molecule is O=C(O)c1ccc(NC(=O)[C@H]2C[C@@H]2c2ccco2)cc1. The van der Waals surface area contributed by atoms with E-state index in [4.69, 9.17) is 9.52 Å². The van der Waals surface area contributed by atoms with E-state index in [0.717, 1.165) is 12.2 Å². The topological polar surface area (TPSA) is 79.5 Å². The van der Waals surface area contributed by atoms with Crippen molar-refractivity contribution in [1.29, 1.82) is 0 Å². The molecule has 1 aliphatic rings. The summed E-state index contributed by atoms with van der Waals surface area (Å²) in [7, 11) is 0. The highest BCUT2D eigenvalue weighted by molar-refractivity contribution is 5.95. The first-order valence-corrected chi connectivity index (χ1v) is 6.33. The summed E-state index contributed by atoms with van der Waals surface area (Å²) in [5, 5.41) is 11.6. The minimum Gasteiger partial charge on any atom is -0.478 e. The number of carbonyl (C=O) groups excluding carboxylic acids is 1. The van der Waals surface area contributed by atoms with Gasteiger partial charge in [-0.15, -0.1) is 0 Å². The molecule has 5 heteroatoms. The fourth-order valence-corrected chi connectivity index (χ4v) is 2.23. The highest BCUT2D eigenvalue weighted by Gasteiger charge is 2.45. The number of furan rings is 1. The van der Waals surface area contributed by atoms with E-state index in [0.29, 0.717) is 5.69 Å². The lowest BCUT2D eigenvalue weighted by molar-refractivity contribution is -0.117. The molecule has 1 aliphatic carbocycles. The molecular formula is C15H13NO4. The van der Waals surface area contributed by atoms with Gasteiger partial charge in [-0.05, 0) is 42.8 Å². The van der Waals surface area contributed by atoms with Crippen LogP contribution in [0.2, 0.25) is 0 Å². The standard InChI is InChI=1S/C15H13NO4/c17-14(12-8-11(12)13-2-1-7-20-13)16-10-5-3-9(4-6-10)15(18)19/h1-7,11-12H,8H2,(H,16,17)(H,18,19)/t11-,12-/m0/s1. The molecule has 0 spiro atoms. The van der Waals surface area contributed by atoms with Gasteiger partial charge in [-0.3, -0.25) is 4.79 Å². The van der Waals surface area contributed by atoms with Gasteiger partial charge in [0.1, 0.15) is 5.76 Å². The molecule has 1 fully saturated rings. The maximum atomic E-state index is 12.0. The van der Waals surface area contributed by atoms with E-state index >= 15 is 0 Å². The molecule has 1 heterocycles. The van der Waals surface area contributed by atoms with Crippen molar-refractivity contribution in [2.24, 2.45) is 5.92 Å². The zero-order valence-electron chi connectivity index (χ0n) is 10.6. The fourth-order valence-electron chi connectivity index (χ4n) is 2.23. The monoisotopic (exact) mass is 271 g/mol. The van der Waals surface area contributed by atoms with Crippen LogP contribution in [0.5, 0.6) is 0 Å². The Balaban J connectivity index is 1.61. The molecule has 3 rings (SSSR count). The van der Waals surface area contributed by atoms with Crippen molar-refractivity contribution in [2.75, 3.05) is 5.32 Å². The highest BCUT2D eigenvalue weighted by atomic mass is 16.4. The molecule has 0 saturated heterocycles. The molecule has 0 bridgehead atoms. The van der Waals surface area contributed by atoms with Gasteiger partial charge < -0.3 is 14.8 Å². The summed E-state index contributed by atoms with van der Waals surface area (Å²) in [6, 6.07) is 9.80. The Morgan fingerprint density at radius 3 is 2.55 bits per heavy atom. The van der Waals surface area contributed by atoms with Crippen molar-refractivity contribution in [3.63, 3.8) is 0 Å². The van der Waals surface area contributed by atoms with Crippen LogP contribution in [0.1, 0.15) is 28.5 Å². The zero-order valence-corrected chi connectivity index (χ0v) is 10.6. The Morgan fingerprint density at radius 2 is 1.95 bits per heavy atom. The quantitative estimate of drug-likeness (QED) is 0.896. The number of hydrogen-bond acceptors (Lipinski definition) is 3. The van der Waals surface area contributed by atoms with E-state index < -0.39 is 5.97 Å². The predicted octanol–water partition coefficient (Wildman–Crippen LogP) is 2.72. The lowest BCUT2D eigenvalue weighted by Gasteiger charge is -2.04. The second-order valence-electron chi connectivity index (χ2n) is 4.84. The predicted molar refractivity (Wildman–Crippen MR) is 71.6 cm³/mol. The van der Waals surface area contributed by atoms with Crippen LogP contribution in [0, 0.1) is 5.92 Å². The van der Waals surface area contributed by atoms with Crippen molar-refractivity contribution >= 4 is 17.6 Å². The Labute approximate surface area is 115 Å². The van der Waals surface area contributed by atoms with Gasteiger partial charge in [-0.25, -0.2) is 4.79 Å². The maximum absolute atomic E-state index is 12.0. The highest BCUT2D eigenvalue weighted by Crippen LogP contribution is 2.48. The second kappa shape index (κ2) is 4.85. The van der Waals surface area contributed by atoms with Crippen LogP contribution in [0.4, 0.5) is 5.69 Å². The zero-order chi connectivity index (χ0) is 14.1. The van der Waals surface area contributed by atoms with Gasteiger partial charge in [0.2, 0.25) is 5.91 Å². The van der Waals surface area contributed by atoms with Crippen molar-refractivity contribution < 1.29 is 19.1 Å². The minimum absolute atomic E-state index is 0.0607. The van der Waals surface area contributed by atoms with Crippen molar-refractivity contribution in [1.82, 2.24) is 0 Å². The number of benzene rings is 1. The summed E-state index contributed by atoms with van der Waals surface area (Å²) < 4.78 is 5.28. The molecule has 2 atom stereocenters. The number of carbonyl (C=O) groups is 2. The van der Waals surface area contributed by atoms with Crippen LogP contribution in [0.15, 0.2) is 47.1 Å². The van der Waals surface area contributed by atoms with Crippen molar-refractivity contribution in [2.45, 2.75) is 12.3 Å². The third-order valence-electron chi connectivity index (χ3n) is 3.44. The van der Waals surface area contributed by atoms with Crippen LogP contribution in [-0.4, -0.2) is 17.0 Å². The molecule has 2 N–H and O–H groups in total. The molecule has 102 valence electrons. The van der Waals surface area contributed by atoms with Gasteiger partial charge in [-0.2, -0.15) is 0 Å². The molecule has 0 radical (unpaired) electrons. The molecule has 1 amide bonds. The number of nitrogens with one attached hydrogen (secondary N) is 1. The Morgan fingerprint density at radius 1 is 1.20 bits per heavy atom. The Kier molecular flexibility index (Phi) is 3.02. The first-order chi connectivity index (χ1) is 9.65. The second-order valence-corrected chi connectivity index (χ2v) is 4.84. The van der Waals surface area contributed by atoms with E-state index in [-0.39, 0.29) is 23.3 Å². The third-order valence-corrected chi connectivity index (χ3v) is 3.44. The number of carboxylic acids is 1. The Hall–Kier alpha value is -2.56. The molecule has 1 aromatic heterocycles. The molecule has 2 aromatic rings. The summed E-state index contributed by atoms with van der Waals surface area (Å²) in [6.45, 7) is 0. The normalized spacial score (nSPS) is 20.4. The molecule has 1 aromatic carbocycles. The lowest BCUT2D eigenvalue weighted by atomic mass is 10.2. The average Bonchev–Trinajstić information content (AvgIpc) is 3.06. The molecule has 0 unspecified atom stereocenters. The fraction of sp³-hybridized carbons (Fsp3) is 0.200. The number of hydrogen-bond donors (Lipinski definition) is 2. The number of carboxylic acid groups (broad SMARTS) is 1. The average molecular weight is 271 g/mol. The summed E-state index contributed by atoms with van der Waals surface area (Å²) in [5.74, 6) is -0.118. The van der Waals surface area contributed by atoms with Gasteiger partial charge in [0, 0.05) is 17.5 Å². The van der Waals surface area contributed by atoms with Crippen LogP contribution >= 0.6 is 0 Å². The summed E-state index contributed by atoms with van der Waals surface area (Å²) in [6.07, 6.45) is 2.39. The van der Waals surface area contributed by atoms with Crippen LogP contribution in [-0.2, 0) is 4.79 Å². The summed E-state index contributed by atoms with van der Waals surface area (Å²) in [5.41, 5.74) is 0.799. The van der Waals surface area contributed by atoms with Crippen LogP contribution < -0.4 is 5.32 Å². The van der Waals surface area contributed by atoms with Gasteiger partial charge >= 0.3 is 5.97 Å². The lowest BCUT2D eigenvalue weighted by Crippen LogP contribution is -2.14. The Bertz CT molecular complexity index is 630. The smallest absolute Gasteiger partial charge is 0.335 e. The first kappa shape index (κ1) is 12.5. The van der Waals surface area contributed by atoms with Crippen LogP contribution in [0.3, 0.4) is 0 Å². The largest absolute Gasteiger partial charge is 0.478 e. The summed E-state index contributed by atoms with van der Waals surface area (Å²) >= 11 is 0. The van der Waals surface area contributed by atoms with Gasteiger partial charge in [-0.1, -0.05) is 0 Å². The van der Waals surface area contributed by atoms with E-state index in [9.17, 15) is 9.59 Å². The summed E-state index contributed by atoms with van der Waals surface area (Å²) in [4.78, 5) is 22.8. The number of amides is 1. The van der Waals surface area contributed by atoms with Gasteiger partial charge in [0.15, 0.2) is 0 Å². The van der Waals surface area contributed by atoms with Gasteiger partial charge in [0.25, 0.3) is 0 Å². The third kappa shape index (κ3) is 2.42. The van der Waals surface area contributed by atoms with Crippen LogP contribution in [0.25, 0.3) is 0 Å². The molecular weight excluding hydrogens is 258 g/mol. The van der Waals surface area contributed by atoms with Gasteiger partial charge in [0.05, 0.1) is 11.8 Å². The number of rotatable bonds is 4. The first-order valence-electron chi connectivity index (χ1n) is 6.33. The maximum Gasteiger partial charge on any atom is 0.335 e. The van der Waals surface area contributed by atoms with E-state index in [1.54, 1.807) is 18.4 Å². The molecule has 1 saturated carbocycles. The number of aromatic carboxylic acids is 1. The molecule has 20 heavy (non-hydrogen) atoms. The van der Waals surface area contributed by atoms with E-state index in [1.165, 1.54) is 12.1 Å².